The smallest absolute Gasteiger partial charge is 0.323 e. The molecule has 0 unspecified atom stereocenters. The maximum Gasteiger partial charge on any atom is 0.323 e. The highest BCUT2D eigenvalue weighted by molar-refractivity contribution is 6.32. The zero-order chi connectivity index (χ0) is 17.0. The van der Waals surface area contributed by atoms with E-state index in [1.807, 2.05) is 6.92 Å². The van der Waals surface area contributed by atoms with E-state index in [9.17, 15) is 9.59 Å². The third-order valence-corrected chi connectivity index (χ3v) is 3.76. The number of methoxy groups -OCH3 is 1. The highest BCUT2D eigenvalue weighted by Crippen LogP contribution is 2.37. The molecule has 1 amide bonds. The first-order valence-electron chi connectivity index (χ1n) is 7.51. The third kappa shape index (κ3) is 4.28. The van der Waals surface area contributed by atoms with Crippen LogP contribution in [0.4, 0.5) is 0 Å². The van der Waals surface area contributed by atoms with Gasteiger partial charge in [-0.2, -0.15) is 0 Å². The van der Waals surface area contributed by atoms with Gasteiger partial charge in [0.1, 0.15) is 6.54 Å². The number of halogens is 1. The molecule has 1 aliphatic carbocycles. The molecule has 0 saturated heterocycles. The van der Waals surface area contributed by atoms with Gasteiger partial charge in [-0.25, -0.2) is 0 Å². The molecule has 0 bridgehead atoms. The van der Waals surface area contributed by atoms with Crippen molar-refractivity contribution in [3.05, 3.63) is 22.7 Å². The van der Waals surface area contributed by atoms with E-state index in [4.69, 9.17) is 26.2 Å². The third-order valence-electron chi connectivity index (χ3n) is 3.48. The number of nitrogens with zero attached hydrogens (tertiary/aromatic N) is 1. The van der Waals surface area contributed by atoms with Crippen molar-refractivity contribution in [2.24, 2.45) is 0 Å². The molecule has 1 fully saturated rings. The second kappa shape index (κ2) is 7.55. The molecule has 0 atom stereocenters. The molecule has 23 heavy (non-hydrogen) atoms. The highest BCUT2D eigenvalue weighted by Gasteiger charge is 2.34. The summed E-state index contributed by atoms with van der Waals surface area (Å²) in [5, 5.41) is 9.26. The minimum Gasteiger partial charge on any atom is -0.493 e. The number of amides is 1. The lowest BCUT2D eigenvalue weighted by Gasteiger charge is -2.21. The minimum atomic E-state index is -1.04. The number of aliphatic carboxylic acids is 1. The summed E-state index contributed by atoms with van der Waals surface area (Å²) < 4.78 is 10.8. The molecule has 6 nitrogen and oxygen atoms in total. The van der Waals surface area contributed by atoms with E-state index in [0.717, 1.165) is 19.3 Å². The number of benzene rings is 1. The zero-order valence-electron chi connectivity index (χ0n) is 13.2. The first kappa shape index (κ1) is 17.4. The summed E-state index contributed by atoms with van der Waals surface area (Å²) >= 11 is 6.21. The molecule has 1 saturated carbocycles. The Bertz CT molecular complexity index is 600. The van der Waals surface area contributed by atoms with Gasteiger partial charge in [0.25, 0.3) is 5.91 Å². The number of rotatable bonds is 8. The number of carboxylic acids is 1. The Morgan fingerprint density at radius 2 is 2.09 bits per heavy atom. The lowest BCUT2D eigenvalue weighted by atomic mass is 10.1. The van der Waals surface area contributed by atoms with E-state index >= 15 is 0 Å². The van der Waals surface area contributed by atoms with E-state index in [-0.39, 0.29) is 23.5 Å². The van der Waals surface area contributed by atoms with Crippen LogP contribution >= 0.6 is 11.6 Å². The van der Waals surface area contributed by atoms with Crippen LogP contribution in [0.15, 0.2) is 12.1 Å². The summed E-state index contributed by atoms with van der Waals surface area (Å²) in [5.74, 6) is -0.646. The summed E-state index contributed by atoms with van der Waals surface area (Å²) in [5.41, 5.74) is 0.295. The molecule has 0 radical (unpaired) electrons. The van der Waals surface area contributed by atoms with E-state index in [1.165, 1.54) is 24.1 Å². The van der Waals surface area contributed by atoms with Crippen molar-refractivity contribution < 1.29 is 24.2 Å². The van der Waals surface area contributed by atoms with Crippen LogP contribution in [0.25, 0.3) is 0 Å². The molecule has 0 spiro atoms. The molecule has 1 aromatic carbocycles. The van der Waals surface area contributed by atoms with Gasteiger partial charge in [-0.05, 0) is 31.4 Å². The fourth-order valence-electron chi connectivity index (χ4n) is 2.25. The molecule has 0 aromatic heterocycles. The quantitative estimate of drug-likeness (QED) is 0.786. The van der Waals surface area contributed by atoms with E-state index in [2.05, 4.69) is 0 Å². The molecule has 0 aliphatic heterocycles. The van der Waals surface area contributed by atoms with Crippen LogP contribution in [0.1, 0.15) is 36.5 Å². The van der Waals surface area contributed by atoms with Gasteiger partial charge in [-0.15, -0.1) is 0 Å². The summed E-state index contributed by atoms with van der Waals surface area (Å²) in [7, 11) is 1.47. The molecular weight excluding hydrogens is 322 g/mol. The number of carbonyl (C=O) groups is 2. The van der Waals surface area contributed by atoms with Crippen LogP contribution in [0, 0.1) is 0 Å². The molecule has 1 N–H and O–H groups in total. The second-order valence-corrected chi connectivity index (χ2v) is 5.80. The summed E-state index contributed by atoms with van der Waals surface area (Å²) in [4.78, 5) is 25.0. The van der Waals surface area contributed by atoms with Gasteiger partial charge in [0, 0.05) is 11.6 Å². The maximum absolute atomic E-state index is 12.6. The standard InChI is InChI=1S/C16H20ClNO5/c1-3-6-23-15-12(17)7-10(8-13(15)22-2)16(21)18(9-14(19)20)11-4-5-11/h7-8,11H,3-6,9H2,1-2H3,(H,19,20). The number of hydrogen-bond acceptors (Lipinski definition) is 4. The fraction of sp³-hybridized carbons (Fsp3) is 0.500. The fourth-order valence-corrected chi connectivity index (χ4v) is 2.52. The molecular formula is C16H20ClNO5. The molecule has 1 aromatic rings. The first-order chi connectivity index (χ1) is 11.0. The Labute approximate surface area is 139 Å². The number of carboxylic acid groups (broad SMARTS) is 1. The van der Waals surface area contributed by atoms with Crippen molar-refractivity contribution in [1.29, 1.82) is 0 Å². The normalized spacial score (nSPS) is 13.5. The summed E-state index contributed by atoms with van der Waals surface area (Å²) in [6.45, 7) is 2.13. The SMILES string of the molecule is CCCOc1c(Cl)cc(C(=O)N(CC(=O)O)C2CC2)cc1OC. The molecule has 7 heteroatoms. The van der Waals surface area contributed by atoms with Gasteiger partial charge in [0.15, 0.2) is 11.5 Å². The number of hydrogen-bond donors (Lipinski definition) is 1. The predicted molar refractivity (Wildman–Crippen MR) is 85.5 cm³/mol. The van der Waals surface area contributed by atoms with Crippen molar-refractivity contribution in [3.63, 3.8) is 0 Å². The van der Waals surface area contributed by atoms with Crippen molar-refractivity contribution in [1.82, 2.24) is 4.90 Å². The van der Waals surface area contributed by atoms with Gasteiger partial charge >= 0.3 is 5.97 Å². The summed E-state index contributed by atoms with van der Waals surface area (Å²) in [6, 6.07) is 3.02. The molecule has 126 valence electrons. The van der Waals surface area contributed by atoms with E-state index in [0.29, 0.717) is 23.7 Å². The van der Waals surface area contributed by atoms with Gasteiger partial charge in [-0.1, -0.05) is 18.5 Å². The van der Waals surface area contributed by atoms with E-state index < -0.39 is 5.97 Å². The van der Waals surface area contributed by atoms with Gasteiger partial charge in [-0.3, -0.25) is 9.59 Å². The zero-order valence-corrected chi connectivity index (χ0v) is 13.9. The molecule has 2 rings (SSSR count). The Balaban J connectivity index is 2.29. The van der Waals surface area contributed by atoms with Crippen LogP contribution in [-0.4, -0.2) is 48.2 Å². The Morgan fingerprint density at radius 3 is 2.61 bits per heavy atom. The van der Waals surface area contributed by atoms with Gasteiger partial charge in [0.2, 0.25) is 0 Å². The van der Waals surface area contributed by atoms with Crippen LogP contribution in [0.3, 0.4) is 0 Å². The van der Waals surface area contributed by atoms with Crippen molar-refractivity contribution in [2.45, 2.75) is 32.2 Å². The average Bonchev–Trinajstić information content (AvgIpc) is 3.34. The van der Waals surface area contributed by atoms with Crippen molar-refractivity contribution >= 4 is 23.5 Å². The second-order valence-electron chi connectivity index (χ2n) is 5.40. The number of carbonyl (C=O) groups excluding carboxylic acids is 1. The summed E-state index contributed by atoms with van der Waals surface area (Å²) in [6.07, 6.45) is 2.46. The van der Waals surface area contributed by atoms with E-state index in [1.54, 1.807) is 0 Å². The number of ether oxygens (including phenoxy) is 2. The Hall–Kier alpha value is -1.95. The average molecular weight is 342 g/mol. The topological polar surface area (TPSA) is 76.1 Å². The Morgan fingerprint density at radius 1 is 1.39 bits per heavy atom. The van der Waals surface area contributed by atoms with Crippen LogP contribution in [0.2, 0.25) is 5.02 Å². The van der Waals surface area contributed by atoms with Crippen molar-refractivity contribution in [2.75, 3.05) is 20.3 Å². The Kier molecular flexibility index (Phi) is 5.71. The van der Waals surface area contributed by atoms with Gasteiger partial charge < -0.3 is 19.5 Å². The van der Waals surface area contributed by atoms with Crippen molar-refractivity contribution in [3.8, 4) is 11.5 Å². The monoisotopic (exact) mass is 341 g/mol. The van der Waals surface area contributed by atoms with Crippen LogP contribution in [0.5, 0.6) is 11.5 Å². The lowest BCUT2D eigenvalue weighted by molar-refractivity contribution is -0.137. The minimum absolute atomic E-state index is 0.0145. The lowest BCUT2D eigenvalue weighted by Crippen LogP contribution is -2.37. The maximum atomic E-state index is 12.6. The van der Waals surface area contributed by atoms with Gasteiger partial charge in [0.05, 0.1) is 18.7 Å². The molecule has 1 aliphatic rings. The molecule has 0 heterocycles. The van der Waals surface area contributed by atoms with Crippen LogP contribution < -0.4 is 9.47 Å². The van der Waals surface area contributed by atoms with Crippen LogP contribution in [-0.2, 0) is 4.79 Å². The predicted octanol–water partition coefficient (Wildman–Crippen LogP) is 2.83. The highest BCUT2D eigenvalue weighted by atomic mass is 35.5. The first-order valence-corrected chi connectivity index (χ1v) is 7.88. The largest absolute Gasteiger partial charge is 0.493 e.